The summed E-state index contributed by atoms with van der Waals surface area (Å²) in [4.78, 5) is 3.35. The van der Waals surface area contributed by atoms with E-state index < -0.39 is 0 Å². The van der Waals surface area contributed by atoms with Gasteiger partial charge in [0.2, 0.25) is 0 Å². The number of aryl methyl sites for hydroxylation is 1. The summed E-state index contributed by atoms with van der Waals surface area (Å²) in [6.45, 7) is 4.13. The lowest BCUT2D eigenvalue weighted by Gasteiger charge is -2.09. The average Bonchev–Trinajstić information content (AvgIpc) is 2.53. The van der Waals surface area contributed by atoms with Gasteiger partial charge in [0.15, 0.2) is 0 Å². The molecule has 0 amide bonds. The van der Waals surface area contributed by atoms with Crippen molar-refractivity contribution in [1.82, 2.24) is 10.4 Å². The highest BCUT2D eigenvalue weighted by Crippen LogP contribution is 2.26. The van der Waals surface area contributed by atoms with E-state index in [1.165, 1.54) is 22.2 Å². The number of para-hydroxylation sites is 1. The molecular formula is C11H15N3. The first-order valence-electron chi connectivity index (χ1n) is 4.77. The van der Waals surface area contributed by atoms with Crippen LogP contribution in [0.4, 0.5) is 0 Å². The zero-order chi connectivity index (χ0) is 10.1. The summed E-state index contributed by atoms with van der Waals surface area (Å²) in [5, 5.41) is 1.25. The van der Waals surface area contributed by atoms with Crippen molar-refractivity contribution in [2.75, 3.05) is 0 Å². The molecule has 1 atom stereocenters. The van der Waals surface area contributed by atoms with Crippen molar-refractivity contribution in [2.24, 2.45) is 5.84 Å². The van der Waals surface area contributed by atoms with E-state index in [9.17, 15) is 0 Å². The Balaban J connectivity index is 2.67. The normalized spacial score (nSPS) is 13.4. The molecule has 0 aliphatic carbocycles. The van der Waals surface area contributed by atoms with Crippen molar-refractivity contribution in [1.29, 1.82) is 0 Å². The van der Waals surface area contributed by atoms with Crippen molar-refractivity contribution >= 4 is 10.9 Å². The Kier molecular flexibility index (Phi) is 2.27. The van der Waals surface area contributed by atoms with Crippen LogP contribution in [0, 0.1) is 6.92 Å². The second-order valence-corrected chi connectivity index (χ2v) is 3.60. The van der Waals surface area contributed by atoms with Gasteiger partial charge in [-0.05, 0) is 25.5 Å². The zero-order valence-electron chi connectivity index (χ0n) is 8.46. The van der Waals surface area contributed by atoms with Gasteiger partial charge >= 0.3 is 0 Å². The van der Waals surface area contributed by atoms with Crippen LogP contribution in [0.1, 0.15) is 24.2 Å². The summed E-state index contributed by atoms with van der Waals surface area (Å²) in [7, 11) is 0. The Morgan fingerprint density at radius 2 is 2.07 bits per heavy atom. The molecular weight excluding hydrogens is 174 g/mol. The Morgan fingerprint density at radius 1 is 1.36 bits per heavy atom. The first kappa shape index (κ1) is 9.24. The lowest BCUT2D eigenvalue weighted by Crippen LogP contribution is -2.25. The maximum absolute atomic E-state index is 5.46. The van der Waals surface area contributed by atoms with Crippen molar-refractivity contribution in [3.63, 3.8) is 0 Å². The second-order valence-electron chi connectivity index (χ2n) is 3.60. The smallest absolute Gasteiger partial charge is 0.0459 e. The van der Waals surface area contributed by atoms with Crippen LogP contribution in [0.5, 0.6) is 0 Å². The number of hydrazine groups is 1. The van der Waals surface area contributed by atoms with E-state index in [-0.39, 0.29) is 6.04 Å². The standard InChI is InChI=1S/C11H15N3/c1-7-11(8(2)14-12)9-5-3-4-6-10(9)13-7/h3-6,8,13-14H,12H2,1-2H3. The van der Waals surface area contributed by atoms with Crippen molar-refractivity contribution in [3.05, 3.63) is 35.5 Å². The molecule has 0 bridgehead atoms. The Labute approximate surface area is 83.3 Å². The van der Waals surface area contributed by atoms with Crippen molar-refractivity contribution in [3.8, 4) is 0 Å². The molecule has 0 aliphatic heterocycles. The van der Waals surface area contributed by atoms with Gasteiger partial charge in [0.25, 0.3) is 0 Å². The number of aromatic amines is 1. The van der Waals surface area contributed by atoms with Gasteiger partial charge in [0.05, 0.1) is 0 Å². The van der Waals surface area contributed by atoms with E-state index in [1.54, 1.807) is 0 Å². The van der Waals surface area contributed by atoms with E-state index in [2.05, 4.69) is 36.4 Å². The number of H-pyrrole nitrogens is 1. The van der Waals surface area contributed by atoms with Crippen molar-refractivity contribution < 1.29 is 0 Å². The number of nitrogens with one attached hydrogen (secondary N) is 2. The molecule has 1 aromatic carbocycles. The van der Waals surface area contributed by atoms with Gasteiger partial charge in [-0.3, -0.25) is 11.3 Å². The lowest BCUT2D eigenvalue weighted by molar-refractivity contribution is 0.603. The number of hydrogen-bond donors (Lipinski definition) is 3. The van der Waals surface area contributed by atoms with Gasteiger partial charge in [0, 0.05) is 22.6 Å². The van der Waals surface area contributed by atoms with Gasteiger partial charge < -0.3 is 4.98 Å². The monoisotopic (exact) mass is 189 g/mol. The van der Waals surface area contributed by atoms with Crippen LogP contribution in [-0.4, -0.2) is 4.98 Å². The molecule has 0 saturated carbocycles. The fourth-order valence-electron chi connectivity index (χ4n) is 1.94. The predicted octanol–water partition coefficient (Wildman–Crippen LogP) is 2.00. The van der Waals surface area contributed by atoms with Crippen LogP contribution in [0.2, 0.25) is 0 Å². The first-order chi connectivity index (χ1) is 6.74. The third kappa shape index (κ3) is 1.31. The second kappa shape index (κ2) is 3.44. The topological polar surface area (TPSA) is 53.8 Å². The summed E-state index contributed by atoms with van der Waals surface area (Å²) in [5.74, 6) is 5.46. The maximum atomic E-state index is 5.46. The number of benzene rings is 1. The number of hydrogen-bond acceptors (Lipinski definition) is 2. The quantitative estimate of drug-likeness (QED) is 0.500. The summed E-state index contributed by atoms with van der Waals surface area (Å²) in [5.41, 5.74) is 6.38. The minimum absolute atomic E-state index is 0.172. The molecule has 14 heavy (non-hydrogen) atoms. The van der Waals surface area contributed by atoms with E-state index in [1.807, 2.05) is 12.1 Å². The molecule has 74 valence electrons. The van der Waals surface area contributed by atoms with Gasteiger partial charge in [-0.1, -0.05) is 18.2 Å². The molecule has 4 N–H and O–H groups in total. The highest BCUT2D eigenvalue weighted by molar-refractivity contribution is 5.85. The van der Waals surface area contributed by atoms with E-state index in [4.69, 9.17) is 5.84 Å². The summed E-state index contributed by atoms with van der Waals surface area (Å²) < 4.78 is 0. The SMILES string of the molecule is Cc1[nH]c2ccccc2c1C(C)NN. The van der Waals surface area contributed by atoms with Gasteiger partial charge in [-0.2, -0.15) is 0 Å². The van der Waals surface area contributed by atoms with E-state index in [0.717, 1.165) is 0 Å². The first-order valence-corrected chi connectivity index (χ1v) is 4.77. The minimum atomic E-state index is 0.172. The molecule has 0 aliphatic rings. The minimum Gasteiger partial charge on any atom is -0.358 e. The molecule has 2 aromatic rings. The maximum Gasteiger partial charge on any atom is 0.0459 e. The molecule has 0 saturated heterocycles. The predicted molar refractivity (Wildman–Crippen MR) is 58.8 cm³/mol. The zero-order valence-corrected chi connectivity index (χ0v) is 8.46. The van der Waals surface area contributed by atoms with E-state index in [0.29, 0.717) is 0 Å². The number of nitrogens with two attached hydrogens (primary N) is 1. The summed E-state index contributed by atoms with van der Waals surface area (Å²) in [6, 6.07) is 8.44. The van der Waals surface area contributed by atoms with Crippen LogP contribution >= 0.6 is 0 Å². The van der Waals surface area contributed by atoms with Gasteiger partial charge in [0.1, 0.15) is 0 Å². The molecule has 2 rings (SSSR count). The number of fused-ring (bicyclic) bond motifs is 1. The molecule has 1 heterocycles. The third-order valence-electron chi connectivity index (χ3n) is 2.63. The molecule has 1 unspecified atom stereocenters. The van der Waals surface area contributed by atoms with E-state index >= 15 is 0 Å². The highest BCUT2D eigenvalue weighted by Gasteiger charge is 2.12. The molecule has 3 nitrogen and oxygen atoms in total. The Hall–Kier alpha value is -1.32. The third-order valence-corrected chi connectivity index (χ3v) is 2.63. The lowest BCUT2D eigenvalue weighted by atomic mass is 10.1. The molecule has 0 spiro atoms. The van der Waals surface area contributed by atoms with Crippen LogP contribution in [0.15, 0.2) is 24.3 Å². The van der Waals surface area contributed by atoms with Gasteiger partial charge in [-0.25, -0.2) is 0 Å². The average molecular weight is 189 g/mol. The highest BCUT2D eigenvalue weighted by atomic mass is 15.2. The largest absolute Gasteiger partial charge is 0.358 e. The van der Waals surface area contributed by atoms with Gasteiger partial charge in [-0.15, -0.1) is 0 Å². The van der Waals surface area contributed by atoms with Crippen LogP contribution < -0.4 is 11.3 Å². The number of rotatable bonds is 2. The fourth-order valence-corrected chi connectivity index (χ4v) is 1.94. The fraction of sp³-hybridized carbons (Fsp3) is 0.273. The van der Waals surface area contributed by atoms with Crippen molar-refractivity contribution in [2.45, 2.75) is 19.9 Å². The molecule has 1 aromatic heterocycles. The Morgan fingerprint density at radius 3 is 2.79 bits per heavy atom. The summed E-state index contributed by atoms with van der Waals surface area (Å²) in [6.07, 6.45) is 0. The Bertz CT molecular complexity index is 445. The molecule has 0 fully saturated rings. The summed E-state index contributed by atoms with van der Waals surface area (Å²) >= 11 is 0. The van der Waals surface area contributed by atoms with Crippen LogP contribution in [-0.2, 0) is 0 Å². The van der Waals surface area contributed by atoms with Crippen LogP contribution in [0.25, 0.3) is 10.9 Å². The molecule has 3 heteroatoms. The molecule has 0 radical (unpaired) electrons. The number of aromatic nitrogens is 1. The van der Waals surface area contributed by atoms with Crippen LogP contribution in [0.3, 0.4) is 0 Å².